The van der Waals surface area contributed by atoms with Crippen molar-refractivity contribution in [3.63, 3.8) is 0 Å². The van der Waals surface area contributed by atoms with E-state index in [2.05, 4.69) is 18.3 Å². The van der Waals surface area contributed by atoms with Crippen molar-refractivity contribution in [2.24, 2.45) is 5.41 Å². The monoisotopic (exact) mass is 224 g/mol. The molecule has 1 N–H and O–H groups in total. The molecule has 0 aromatic heterocycles. The van der Waals surface area contributed by atoms with Gasteiger partial charge in [0.2, 0.25) is 0 Å². The van der Waals surface area contributed by atoms with E-state index in [1.807, 2.05) is 13.8 Å². The Hall–Kier alpha value is -0.590. The van der Waals surface area contributed by atoms with Crippen LogP contribution in [-0.4, -0.2) is 25.3 Å². The Labute approximate surface area is 99.2 Å². The first kappa shape index (κ1) is 13.5. The third-order valence-corrected chi connectivity index (χ3v) is 3.43. The molecule has 1 rings (SSSR count). The van der Waals surface area contributed by atoms with Gasteiger partial charge in [-0.2, -0.15) is 5.26 Å². The van der Waals surface area contributed by atoms with Crippen LogP contribution in [0, 0.1) is 16.7 Å². The van der Waals surface area contributed by atoms with Crippen molar-refractivity contribution in [3.05, 3.63) is 0 Å². The quantitative estimate of drug-likeness (QED) is 0.730. The molecule has 0 amide bonds. The third-order valence-electron chi connectivity index (χ3n) is 3.43. The predicted octanol–water partition coefficient (Wildman–Crippen LogP) is 2.48. The average molecular weight is 224 g/mol. The Kier molecular flexibility index (Phi) is 4.76. The summed E-state index contributed by atoms with van der Waals surface area (Å²) in [5.41, 5.74) is 0.0628. The first-order valence-electron chi connectivity index (χ1n) is 6.22. The van der Waals surface area contributed by atoms with Gasteiger partial charge in [-0.05, 0) is 53.0 Å². The summed E-state index contributed by atoms with van der Waals surface area (Å²) < 4.78 is 5.36. The van der Waals surface area contributed by atoms with Crippen molar-refractivity contribution in [3.8, 4) is 6.07 Å². The molecule has 0 bridgehead atoms. The average Bonchev–Trinajstić information content (AvgIpc) is 2.26. The van der Waals surface area contributed by atoms with Gasteiger partial charge in [0, 0.05) is 18.8 Å². The van der Waals surface area contributed by atoms with Crippen molar-refractivity contribution in [1.29, 1.82) is 5.26 Å². The fraction of sp³-hybridized carbons (Fsp3) is 0.923. The van der Waals surface area contributed by atoms with E-state index in [0.717, 1.165) is 45.4 Å². The molecule has 0 aliphatic carbocycles. The third kappa shape index (κ3) is 4.51. The zero-order chi connectivity index (χ0) is 12.1. The zero-order valence-corrected chi connectivity index (χ0v) is 10.8. The van der Waals surface area contributed by atoms with E-state index < -0.39 is 0 Å². The van der Waals surface area contributed by atoms with Crippen LogP contribution < -0.4 is 5.32 Å². The molecule has 1 aliphatic heterocycles. The van der Waals surface area contributed by atoms with E-state index >= 15 is 0 Å². The fourth-order valence-corrected chi connectivity index (χ4v) is 1.98. The molecule has 1 aliphatic rings. The Morgan fingerprint density at radius 1 is 1.38 bits per heavy atom. The number of rotatable bonds is 5. The summed E-state index contributed by atoms with van der Waals surface area (Å²) in [5, 5.41) is 12.5. The van der Waals surface area contributed by atoms with Crippen molar-refractivity contribution in [2.75, 3.05) is 19.8 Å². The smallest absolute Gasteiger partial charge is 0.0683 e. The molecule has 0 saturated carbocycles. The summed E-state index contributed by atoms with van der Waals surface area (Å²) in [6.45, 7) is 9.01. The van der Waals surface area contributed by atoms with Crippen LogP contribution in [0.1, 0.15) is 46.5 Å². The largest absolute Gasteiger partial charge is 0.381 e. The van der Waals surface area contributed by atoms with Crippen molar-refractivity contribution < 1.29 is 4.74 Å². The molecule has 1 saturated heterocycles. The van der Waals surface area contributed by atoms with Crippen LogP contribution in [0.4, 0.5) is 0 Å². The number of hydrogen-bond donors (Lipinski definition) is 1. The minimum atomic E-state index is -0.182. The Morgan fingerprint density at radius 3 is 2.56 bits per heavy atom. The summed E-state index contributed by atoms with van der Waals surface area (Å²) in [6, 6.07) is 2.34. The summed E-state index contributed by atoms with van der Waals surface area (Å²) in [7, 11) is 0. The topological polar surface area (TPSA) is 45.0 Å². The second kappa shape index (κ2) is 5.65. The van der Waals surface area contributed by atoms with Crippen molar-refractivity contribution in [1.82, 2.24) is 5.32 Å². The number of ether oxygens (including phenoxy) is 1. The van der Waals surface area contributed by atoms with Crippen LogP contribution in [0.5, 0.6) is 0 Å². The molecule has 0 atom stereocenters. The van der Waals surface area contributed by atoms with E-state index in [4.69, 9.17) is 10.00 Å². The van der Waals surface area contributed by atoms with Gasteiger partial charge in [-0.1, -0.05) is 0 Å². The molecule has 0 radical (unpaired) electrons. The van der Waals surface area contributed by atoms with Gasteiger partial charge in [0.05, 0.1) is 11.5 Å². The highest BCUT2D eigenvalue weighted by atomic mass is 16.5. The van der Waals surface area contributed by atoms with Crippen LogP contribution in [0.15, 0.2) is 0 Å². The Bertz CT molecular complexity index is 249. The molecule has 16 heavy (non-hydrogen) atoms. The maximum Gasteiger partial charge on any atom is 0.0683 e. The van der Waals surface area contributed by atoms with Gasteiger partial charge in [-0.15, -0.1) is 0 Å². The van der Waals surface area contributed by atoms with Gasteiger partial charge in [0.25, 0.3) is 0 Å². The minimum Gasteiger partial charge on any atom is -0.381 e. The van der Waals surface area contributed by atoms with Crippen LogP contribution >= 0.6 is 0 Å². The standard InChI is InChI=1S/C13H24N2O/c1-12(2,11-14)5-4-8-15-13(3)6-9-16-10-7-13/h15H,4-10H2,1-3H3. The lowest BCUT2D eigenvalue weighted by atomic mass is 9.89. The maximum atomic E-state index is 8.91. The molecule has 1 heterocycles. The summed E-state index contributed by atoms with van der Waals surface area (Å²) in [6.07, 6.45) is 4.21. The van der Waals surface area contributed by atoms with E-state index in [-0.39, 0.29) is 11.0 Å². The maximum absolute atomic E-state index is 8.91. The van der Waals surface area contributed by atoms with E-state index in [0.29, 0.717) is 0 Å². The van der Waals surface area contributed by atoms with E-state index in [1.54, 1.807) is 0 Å². The molecule has 92 valence electrons. The highest BCUT2D eigenvalue weighted by Gasteiger charge is 2.26. The first-order valence-corrected chi connectivity index (χ1v) is 6.22. The second-order valence-corrected chi connectivity index (χ2v) is 5.70. The fourth-order valence-electron chi connectivity index (χ4n) is 1.98. The molecule has 0 aromatic rings. The highest BCUT2D eigenvalue weighted by molar-refractivity contribution is 4.92. The van der Waals surface area contributed by atoms with E-state index in [9.17, 15) is 0 Å². The van der Waals surface area contributed by atoms with Crippen LogP contribution in [0.3, 0.4) is 0 Å². The summed E-state index contributed by atoms with van der Waals surface area (Å²) >= 11 is 0. The highest BCUT2D eigenvalue weighted by Crippen LogP contribution is 2.22. The van der Waals surface area contributed by atoms with Crippen molar-refractivity contribution >= 4 is 0 Å². The normalized spacial score (nSPS) is 20.4. The second-order valence-electron chi connectivity index (χ2n) is 5.70. The number of nitriles is 1. The molecule has 1 fully saturated rings. The van der Waals surface area contributed by atoms with Gasteiger partial charge in [-0.3, -0.25) is 0 Å². The number of nitrogens with one attached hydrogen (secondary N) is 1. The van der Waals surface area contributed by atoms with Gasteiger partial charge in [-0.25, -0.2) is 0 Å². The number of nitrogens with zero attached hydrogens (tertiary/aromatic N) is 1. The molecule has 3 nitrogen and oxygen atoms in total. The Balaban J connectivity index is 2.18. The van der Waals surface area contributed by atoms with Crippen molar-refractivity contribution in [2.45, 2.75) is 52.0 Å². The molecule has 0 aromatic carbocycles. The van der Waals surface area contributed by atoms with Gasteiger partial charge >= 0.3 is 0 Å². The van der Waals surface area contributed by atoms with E-state index in [1.165, 1.54) is 0 Å². The summed E-state index contributed by atoms with van der Waals surface area (Å²) in [4.78, 5) is 0. The minimum absolute atomic E-state index is 0.182. The molecule has 0 unspecified atom stereocenters. The Morgan fingerprint density at radius 2 is 2.00 bits per heavy atom. The van der Waals surface area contributed by atoms with Gasteiger partial charge < -0.3 is 10.1 Å². The van der Waals surface area contributed by atoms with Crippen LogP contribution in [0.2, 0.25) is 0 Å². The number of hydrogen-bond acceptors (Lipinski definition) is 3. The molecule has 0 spiro atoms. The lowest BCUT2D eigenvalue weighted by Gasteiger charge is -2.35. The lowest BCUT2D eigenvalue weighted by molar-refractivity contribution is 0.0451. The lowest BCUT2D eigenvalue weighted by Crippen LogP contribution is -2.47. The zero-order valence-electron chi connectivity index (χ0n) is 10.8. The van der Waals surface area contributed by atoms with Crippen LogP contribution in [0.25, 0.3) is 0 Å². The molecule has 3 heteroatoms. The molecular formula is C13H24N2O. The predicted molar refractivity (Wildman–Crippen MR) is 65.1 cm³/mol. The SMILES string of the molecule is CC(C)(C#N)CCCNC1(C)CCOCC1. The first-order chi connectivity index (χ1) is 7.47. The van der Waals surface area contributed by atoms with Gasteiger partial charge in [0.1, 0.15) is 0 Å². The summed E-state index contributed by atoms with van der Waals surface area (Å²) in [5.74, 6) is 0. The van der Waals surface area contributed by atoms with Gasteiger partial charge in [0.15, 0.2) is 0 Å². The van der Waals surface area contributed by atoms with Crippen LogP contribution in [-0.2, 0) is 4.74 Å². The molecular weight excluding hydrogens is 200 g/mol.